The fourth-order valence-corrected chi connectivity index (χ4v) is 1.95. The van der Waals surface area contributed by atoms with Gasteiger partial charge in [0.05, 0.1) is 34.7 Å². The van der Waals surface area contributed by atoms with Crippen molar-refractivity contribution in [3.63, 3.8) is 0 Å². The summed E-state index contributed by atoms with van der Waals surface area (Å²) in [7, 11) is 1.29. The maximum atomic E-state index is 11.0. The van der Waals surface area contributed by atoms with Gasteiger partial charge in [0.1, 0.15) is 5.82 Å². The Kier molecular flexibility index (Phi) is 4.65. The molecule has 0 aliphatic heterocycles. The summed E-state index contributed by atoms with van der Waals surface area (Å²) in [6.07, 6.45) is 0.936. The topological polar surface area (TPSA) is 63.2 Å². The van der Waals surface area contributed by atoms with Crippen molar-refractivity contribution in [3.05, 3.63) is 46.6 Å². The number of methoxy groups -OCH3 is 1. The van der Waals surface area contributed by atoms with E-state index in [0.717, 1.165) is 0 Å². The lowest BCUT2D eigenvalue weighted by molar-refractivity contribution is 0.187. The van der Waals surface area contributed by atoms with Crippen LogP contribution >= 0.6 is 23.2 Å². The number of aromatic nitrogens is 1. The average molecular weight is 312 g/mol. The number of ether oxygens (including phenoxy) is 1. The van der Waals surface area contributed by atoms with Gasteiger partial charge in [-0.25, -0.2) is 9.78 Å². The van der Waals surface area contributed by atoms with Gasteiger partial charge in [0, 0.05) is 0 Å². The third-order valence-corrected chi connectivity index (χ3v) is 3.04. The van der Waals surface area contributed by atoms with Crippen LogP contribution < -0.4 is 10.6 Å². The van der Waals surface area contributed by atoms with Crippen LogP contribution in [0.2, 0.25) is 10.0 Å². The number of nitrogens with zero attached hydrogens (tertiary/aromatic N) is 1. The van der Waals surface area contributed by atoms with Gasteiger partial charge in [-0.3, -0.25) is 5.32 Å². The maximum absolute atomic E-state index is 11.0. The van der Waals surface area contributed by atoms with Gasteiger partial charge in [-0.05, 0) is 24.3 Å². The number of rotatable bonds is 3. The first-order chi connectivity index (χ1) is 9.60. The predicted octanol–water partition coefficient (Wildman–Crippen LogP) is 4.31. The number of anilines is 3. The van der Waals surface area contributed by atoms with Gasteiger partial charge >= 0.3 is 6.09 Å². The average Bonchev–Trinajstić information content (AvgIpc) is 2.44. The molecule has 1 heterocycles. The standard InChI is InChI=1S/C13H11Cl2N3O2/c1-20-13(19)17-8-5-6-11(16-7-8)18-12-9(14)3-2-4-10(12)15/h2-7H,1H3,(H,16,18)(H,17,19). The Bertz CT molecular complexity index is 597. The first-order valence-electron chi connectivity index (χ1n) is 5.62. The number of pyridine rings is 1. The third-order valence-electron chi connectivity index (χ3n) is 2.41. The number of halogens is 2. The van der Waals surface area contributed by atoms with Crippen LogP contribution in [0.4, 0.5) is 22.0 Å². The van der Waals surface area contributed by atoms with Gasteiger partial charge in [-0.1, -0.05) is 29.3 Å². The minimum absolute atomic E-state index is 0.496. The molecule has 2 N–H and O–H groups in total. The Labute approximate surface area is 125 Å². The Morgan fingerprint density at radius 2 is 1.90 bits per heavy atom. The van der Waals surface area contributed by atoms with Crippen LogP contribution in [0.3, 0.4) is 0 Å². The molecule has 1 aromatic heterocycles. The Morgan fingerprint density at radius 3 is 2.45 bits per heavy atom. The van der Waals surface area contributed by atoms with Crippen molar-refractivity contribution >= 4 is 46.5 Å². The summed E-state index contributed by atoms with van der Waals surface area (Å²) >= 11 is 12.1. The molecule has 0 aliphatic carbocycles. The Balaban J connectivity index is 2.13. The molecular formula is C13H11Cl2N3O2. The number of benzene rings is 1. The summed E-state index contributed by atoms with van der Waals surface area (Å²) in [5.41, 5.74) is 1.10. The number of para-hydroxylation sites is 1. The molecule has 1 aromatic carbocycles. The van der Waals surface area contributed by atoms with E-state index in [4.69, 9.17) is 23.2 Å². The minimum Gasteiger partial charge on any atom is -0.453 e. The zero-order valence-electron chi connectivity index (χ0n) is 10.5. The highest BCUT2D eigenvalue weighted by molar-refractivity contribution is 6.39. The molecule has 104 valence electrons. The smallest absolute Gasteiger partial charge is 0.411 e. The lowest BCUT2D eigenvalue weighted by Crippen LogP contribution is -2.11. The van der Waals surface area contributed by atoms with Crippen LogP contribution in [0, 0.1) is 0 Å². The SMILES string of the molecule is COC(=O)Nc1ccc(Nc2c(Cl)cccc2Cl)nc1. The largest absolute Gasteiger partial charge is 0.453 e. The fraction of sp³-hybridized carbons (Fsp3) is 0.0769. The molecule has 2 rings (SSSR count). The van der Waals surface area contributed by atoms with Crippen molar-refractivity contribution in [2.45, 2.75) is 0 Å². The zero-order chi connectivity index (χ0) is 14.5. The van der Waals surface area contributed by atoms with Crippen molar-refractivity contribution in [2.75, 3.05) is 17.7 Å². The molecule has 0 fully saturated rings. The van der Waals surface area contributed by atoms with E-state index < -0.39 is 6.09 Å². The molecule has 0 spiro atoms. The minimum atomic E-state index is -0.554. The highest BCUT2D eigenvalue weighted by Gasteiger charge is 2.06. The second-order valence-electron chi connectivity index (χ2n) is 3.77. The highest BCUT2D eigenvalue weighted by atomic mass is 35.5. The molecule has 1 amide bonds. The third kappa shape index (κ3) is 3.53. The van der Waals surface area contributed by atoms with E-state index in [9.17, 15) is 4.79 Å². The highest BCUT2D eigenvalue weighted by Crippen LogP contribution is 2.32. The number of carbonyl (C=O) groups excluding carboxylic acids is 1. The summed E-state index contributed by atoms with van der Waals surface area (Å²) in [5.74, 6) is 0.551. The first-order valence-corrected chi connectivity index (χ1v) is 6.38. The summed E-state index contributed by atoms with van der Waals surface area (Å²) in [6.45, 7) is 0. The molecule has 20 heavy (non-hydrogen) atoms. The monoisotopic (exact) mass is 311 g/mol. The number of nitrogens with one attached hydrogen (secondary N) is 2. The normalized spacial score (nSPS) is 9.95. The van der Waals surface area contributed by atoms with Crippen LogP contribution in [0.5, 0.6) is 0 Å². The van der Waals surface area contributed by atoms with Crippen LogP contribution in [0.25, 0.3) is 0 Å². The molecule has 0 bridgehead atoms. The second kappa shape index (κ2) is 6.45. The van der Waals surface area contributed by atoms with Gasteiger partial charge < -0.3 is 10.1 Å². The van der Waals surface area contributed by atoms with Gasteiger partial charge in [-0.15, -0.1) is 0 Å². The lowest BCUT2D eigenvalue weighted by atomic mass is 10.3. The molecular weight excluding hydrogens is 301 g/mol. The van der Waals surface area contributed by atoms with E-state index in [-0.39, 0.29) is 0 Å². The van der Waals surface area contributed by atoms with Gasteiger partial charge in [0.2, 0.25) is 0 Å². The van der Waals surface area contributed by atoms with Gasteiger partial charge in [0.25, 0.3) is 0 Å². The van der Waals surface area contributed by atoms with Crippen molar-refractivity contribution in [1.82, 2.24) is 4.98 Å². The van der Waals surface area contributed by atoms with Crippen LogP contribution in [-0.2, 0) is 4.74 Å². The van der Waals surface area contributed by atoms with Gasteiger partial charge in [0.15, 0.2) is 0 Å². The van der Waals surface area contributed by atoms with Crippen LogP contribution in [0.15, 0.2) is 36.5 Å². The quantitative estimate of drug-likeness (QED) is 0.886. The molecule has 0 radical (unpaired) electrons. The summed E-state index contributed by atoms with van der Waals surface area (Å²) in [5, 5.41) is 6.51. The van der Waals surface area contributed by atoms with E-state index in [1.165, 1.54) is 13.3 Å². The van der Waals surface area contributed by atoms with Crippen molar-refractivity contribution in [3.8, 4) is 0 Å². The molecule has 5 nitrogen and oxygen atoms in total. The van der Waals surface area contributed by atoms with E-state index in [1.54, 1.807) is 30.3 Å². The molecule has 0 aliphatic rings. The van der Waals surface area contributed by atoms with Crippen LogP contribution in [0.1, 0.15) is 0 Å². The van der Waals surface area contributed by atoms with Crippen molar-refractivity contribution in [2.24, 2.45) is 0 Å². The van der Waals surface area contributed by atoms with E-state index in [2.05, 4.69) is 20.4 Å². The fourth-order valence-electron chi connectivity index (χ4n) is 1.46. The predicted molar refractivity (Wildman–Crippen MR) is 80.0 cm³/mol. The Hall–Kier alpha value is -1.98. The molecule has 0 atom stereocenters. The molecule has 7 heteroatoms. The van der Waals surface area contributed by atoms with Crippen molar-refractivity contribution < 1.29 is 9.53 Å². The first kappa shape index (κ1) is 14.4. The number of hydrogen-bond donors (Lipinski definition) is 2. The summed E-state index contributed by atoms with van der Waals surface area (Å²) in [4.78, 5) is 15.2. The van der Waals surface area contributed by atoms with Crippen molar-refractivity contribution in [1.29, 1.82) is 0 Å². The zero-order valence-corrected chi connectivity index (χ0v) is 12.0. The summed E-state index contributed by atoms with van der Waals surface area (Å²) in [6, 6.07) is 8.57. The Morgan fingerprint density at radius 1 is 1.20 bits per heavy atom. The molecule has 0 unspecified atom stereocenters. The number of carbonyl (C=O) groups is 1. The van der Waals surface area contributed by atoms with E-state index >= 15 is 0 Å². The number of amides is 1. The number of hydrogen-bond acceptors (Lipinski definition) is 4. The maximum Gasteiger partial charge on any atom is 0.411 e. The molecule has 2 aromatic rings. The molecule has 0 saturated heterocycles. The lowest BCUT2D eigenvalue weighted by Gasteiger charge is -2.10. The summed E-state index contributed by atoms with van der Waals surface area (Å²) < 4.78 is 4.48. The van der Waals surface area contributed by atoms with Crippen LogP contribution in [-0.4, -0.2) is 18.2 Å². The van der Waals surface area contributed by atoms with E-state index in [1.807, 2.05) is 0 Å². The second-order valence-corrected chi connectivity index (χ2v) is 4.58. The molecule has 0 saturated carbocycles. The van der Waals surface area contributed by atoms with Gasteiger partial charge in [-0.2, -0.15) is 0 Å². The van der Waals surface area contributed by atoms with E-state index in [0.29, 0.717) is 27.2 Å².